The summed E-state index contributed by atoms with van der Waals surface area (Å²) in [4.78, 5) is 25.6. The van der Waals surface area contributed by atoms with Crippen LogP contribution in [-0.4, -0.2) is 60.8 Å². The van der Waals surface area contributed by atoms with Crippen LogP contribution in [0.1, 0.15) is 38.1 Å². The first-order valence-corrected chi connectivity index (χ1v) is 10.5. The van der Waals surface area contributed by atoms with Gasteiger partial charge in [-0.1, -0.05) is 27.7 Å². The van der Waals surface area contributed by atoms with Crippen LogP contribution in [0.3, 0.4) is 0 Å². The van der Waals surface area contributed by atoms with Gasteiger partial charge in [-0.05, 0) is 35.1 Å². The van der Waals surface area contributed by atoms with E-state index in [1.807, 2.05) is 0 Å². The first kappa shape index (κ1) is 19.8. The van der Waals surface area contributed by atoms with Gasteiger partial charge in [-0.25, -0.2) is 13.2 Å². The van der Waals surface area contributed by atoms with Gasteiger partial charge in [0.05, 0.1) is 10.5 Å². The van der Waals surface area contributed by atoms with Crippen molar-refractivity contribution in [2.75, 3.05) is 26.2 Å². The fourth-order valence-electron chi connectivity index (χ4n) is 4.06. The minimum absolute atomic E-state index is 0.0308. The van der Waals surface area contributed by atoms with Gasteiger partial charge in [0.15, 0.2) is 0 Å². The highest BCUT2D eigenvalue weighted by atomic mass is 32.2. The highest BCUT2D eigenvalue weighted by molar-refractivity contribution is 7.89. The SMILES string of the molecule is CC1(C)C(C(=O)N2CCN(S(=O)(=O)c3ccc(C(=O)O)cc3)CC2)C1(C)C. The van der Waals surface area contributed by atoms with Crippen molar-refractivity contribution in [2.45, 2.75) is 32.6 Å². The van der Waals surface area contributed by atoms with Gasteiger partial charge in [0.1, 0.15) is 0 Å². The third-order valence-corrected chi connectivity index (χ3v) is 8.47. The number of hydrogen-bond acceptors (Lipinski definition) is 4. The summed E-state index contributed by atoms with van der Waals surface area (Å²) in [5, 5.41) is 8.93. The molecule has 1 heterocycles. The molecule has 1 amide bonds. The minimum atomic E-state index is -3.70. The van der Waals surface area contributed by atoms with Crippen LogP contribution in [0.15, 0.2) is 29.2 Å². The van der Waals surface area contributed by atoms with Gasteiger partial charge >= 0.3 is 5.97 Å². The number of benzene rings is 1. The Morgan fingerprint density at radius 3 is 1.85 bits per heavy atom. The Bertz CT molecular complexity index is 852. The van der Waals surface area contributed by atoms with Gasteiger partial charge in [0.2, 0.25) is 15.9 Å². The average molecular weight is 394 g/mol. The number of carbonyl (C=O) groups excluding carboxylic acids is 1. The van der Waals surface area contributed by atoms with Crippen molar-refractivity contribution in [3.63, 3.8) is 0 Å². The molecule has 27 heavy (non-hydrogen) atoms. The first-order chi connectivity index (χ1) is 12.4. The fraction of sp³-hybridized carbons (Fsp3) is 0.579. The van der Waals surface area contributed by atoms with E-state index in [1.165, 1.54) is 28.6 Å². The lowest BCUT2D eigenvalue weighted by Gasteiger charge is -2.34. The van der Waals surface area contributed by atoms with Crippen LogP contribution in [0.25, 0.3) is 0 Å². The molecular formula is C19H26N2O5S. The zero-order chi connectivity index (χ0) is 20.2. The van der Waals surface area contributed by atoms with Crippen LogP contribution in [0.5, 0.6) is 0 Å². The summed E-state index contributed by atoms with van der Waals surface area (Å²) >= 11 is 0. The lowest BCUT2D eigenvalue weighted by Crippen LogP contribution is -2.51. The van der Waals surface area contributed by atoms with Crippen molar-refractivity contribution in [2.24, 2.45) is 16.7 Å². The molecule has 1 aliphatic heterocycles. The summed E-state index contributed by atoms with van der Waals surface area (Å²) in [6.45, 7) is 9.59. The molecule has 0 radical (unpaired) electrons. The van der Waals surface area contributed by atoms with Crippen molar-refractivity contribution in [3.05, 3.63) is 29.8 Å². The highest BCUT2D eigenvalue weighted by Crippen LogP contribution is 2.68. The summed E-state index contributed by atoms with van der Waals surface area (Å²) in [5.41, 5.74) is -0.0442. The summed E-state index contributed by atoms with van der Waals surface area (Å²) in [6, 6.07) is 5.19. The van der Waals surface area contributed by atoms with Crippen molar-refractivity contribution in [3.8, 4) is 0 Å². The summed E-state index contributed by atoms with van der Waals surface area (Å²) in [7, 11) is -3.70. The van der Waals surface area contributed by atoms with Gasteiger partial charge < -0.3 is 10.0 Å². The maximum atomic E-state index is 12.8. The van der Waals surface area contributed by atoms with Crippen LogP contribution >= 0.6 is 0 Å². The van der Waals surface area contributed by atoms with E-state index in [9.17, 15) is 18.0 Å². The Morgan fingerprint density at radius 2 is 1.44 bits per heavy atom. The molecule has 0 atom stereocenters. The molecule has 0 aromatic heterocycles. The van der Waals surface area contributed by atoms with E-state index in [1.54, 1.807) is 4.90 Å². The van der Waals surface area contributed by atoms with E-state index in [2.05, 4.69) is 27.7 Å². The minimum Gasteiger partial charge on any atom is -0.478 e. The zero-order valence-electron chi connectivity index (χ0n) is 16.1. The van der Waals surface area contributed by atoms with Gasteiger partial charge in [-0.2, -0.15) is 4.31 Å². The summed E-state index contributed by atoms with van der Waals surface area (Å²) in [6.07, 6.45) is 0. The van der Waals surface area contributed by atoms with Crippen LogP contribution in [0, 0.1) is 16.7 Å². The number of nitrogens with zero attached hydrogens (tertiary/aromatic N) is 2. The molecule has 1 aliphatic carbocycles. The Kier molecular flexibility index (Phi) is 4.63. The number of sulfonamides is 1. The molecule has 1 saturated carbocycles. The maximum absolute atomic E-state index is 12.8. The van der Waals surface area contributed by atoms with Crippen molar-refractivity contribution in [1.29, 1.82) is 0 Å². The largest absolute Gasteiger partial charge is 0.478 e. The van der Waals surface area contributed by atoms with E-state index in [0.717, 1.165) is 0 Å². The second-order valence-corrected chi connectivity index (χ2v) is 10.4. The Balaban J connectivity index is 1.66. The monoisotopic (exact) mass is 394 g/mol. The van der Waals surface area contributed by atoms with Gasteiger partial charge in [0, 0.05) is 32.1 Å². The smallest absolute Gasteiger partial charge is 0.335 e. The van der Waals surface area contributed by atoms with E-state index >= 15 is 0 Å². The molecule has 8 heteroatoms. The number of carbonyl (C=O) groups is 2. The lowest BCUT2D eigenvalue weighted by atomic mass is 10.0. The molecule has 1 aromatic rings. The Labute approximate surface area is 160 Å². The maximum Gasteiger partial charge on any atom is 0.335 e. The topological polar surface area (TPSA) is 95.0 Å². The van der Waals surface area contributed by atoms with Crippen LogP contribution in [-0.2, 0) is 14.8 Å². The molecule has 1 saturated heterocycles. The van der Waals surface area contributed by atoms with Crippen molar-refractivity contribution >= 4 is 21.9 Å². The quantitative estimate of drug-likeness (QED) is 0.842. The number of carboxylic acids is 1. The third-order valence-electron chi connectivity index (χ3n) is 6.56. The van der Waals surface area contributed by atoms with E-state index in [0.29, 0.717) is 13.1 Å². The molecule has 1 N–H and O–H groups in total. The van der Waals surface area contributed by atoms with Crippen molar-refractivity contribution < 1.29 is 23.1 Å². The zero-order valence-corrected chi connectivity index (χ0v) is 16.9. The molecular weight excluding hydrogens is 368 g/mol. The molecule has 1 aromatic carbocycles. The summed E-state index contributed by atoms with van der Waals surface area (Å²) < 4.78 is 26.9. The second kappa shape index (κ2) is 6.31. The second-order valence-electron chi connectivity index (χ2n) is 8.44. The molecule has 2 aliphatic rings. The van der Waals surface area contributed by atoms with E-state index in [-0.39, 0.29) is 46.2 Å². The average Bonchev–Trinajstić information content (AvgIpc) is 3.03. The molecule has 0 bridgehead atoms. The van der Waals surface area contributed by atoms with Gasteiger partial charge in [-0.3, -0.25) is 4.79 Å². The summed E-state index contributed by atoms with van der Waals surface area (Å²) in [5.74, 6) is -1.03. The Morgan fingerprint density at radius 1 is 0.963 bits per heavy atom. The van der Waals surface area contributed by atoms with Crippen LogP contribution in [0.2, 0.25) is 0 Å². The normalized spacial score (nSPS) is 22.4. The van der Waals surface area contributed by atoms with E-state index < -0.39 is 16.0 Å². The number of aromatic carboxylic acids is 1. The lowest BCUT2D eigenvalue weighted by molar-refractivity contribution is -0.135. The van der Waals surface area contributed by atoms with Crippen molar-refractivity contribution in [1.82, 2.24) is 9.21 Å². The molecule has 0 spiro atoms. The molecule has 148 valence electrons. The van der Waals surface area contributed by atoms with Gasteiger partial charge in [-0.15, -0.1) is 0 Å². The Hall–Kier alpha value is -1.93. The number of rotatable bonds is 4. The predicted molar refractivity (Wildman–Crippen MR) is 99.8 cm³/mol. The predicted octanol–water partition coefficient (Wildman–Crippen LogP) is 1.90. The van der Waals surface area contributed by atoms with E-state index in [4.69, 9.17) is 5.11 Å². The number of amides is 1. The first-order valence-electron chi connectivity index (χ1n) is 9.03. The third kappa shape index (κ3) is 3.14. The fourth-order valence-corrected chi connectivity index (χ4v) is 5.49. The number of carboxylic acid groups (broad SMARTS) is 1. The molecule has 3 rings (SSSR count). The van der Waals surface area contributed by atoms with Gasteiger partial charge in [0.25, 0.3) is 0 Å². The standard InChI is InChI=1S/C19H26N2O5S/c1-18(2)15(19(18,3)4)16(22)20-9-11-21(12-10-20)27(25,26)14-7-5-13(6-8-14)17(23)24/h5-8,15H,9-12H2,1-4H3,(H,23,24). The van der Waals surface area contributed by atoms with Crippen LogP contribution in [0.4, 0.5) is 0 Å². The number of hydrogen-bond donors (Lipinski definition) is 1. The number of piperazine rings is 1. The van der Waals surface area contributed by atoms with Crippen LogP contribution < -0.4 is 0 Å². The molecule has 7 nitrogen and oxygen atoms in total. The molecule has 2 fully saturated rings. The highest BCUT2D eigenvalue weighted by Gasteiger charge is 2.68. The molecule has 0 unspecified atom stereocenters.